The van der Waals surface area contributed by atoms with Gasteiger partial charge >= 0.3 is 0 Å². The summed E-state index contributed by atoms with van der Waals surface area (Å²) in [5, 5.41) is 4.35. The summed E-state index contributed by atoms with van der Waals surface area (Å²) in [7, 11) is 0. The lowest BCUT2D eigenvalue weighted by Gasteiger charge is -2.21. The Morgan fingerprint density at radius 1 is 0.395 bits per heavy atom. The Kier molecular flexibility index (Phi) is 4.91. The maximum atomic E-state index is 13.9. The Morgan fingerprint density at radius 3 is 1.30 bits per heavy atom. The molecule has 7 aromatic rings. The van der Waals surface area contributed by atoms with Gasteiger partial charge in [-0.3, -0.25) is 9.59 Å². The lowest BCUT2D eigenvalue weighted by Crippen LogP contribution is -2.29. The molecule has 0 N–H and O–H groups in total. The molecule has 1 aliphatic carbocycles. The van der Waals surface area contributed by atoms with Crippen LogP contribution in [0.5, 0.6) is 0 Å². The molecule has 200 valence electrons. The van der Waals surface area contributed by atoms with Crippen molar-refractivity contribution in [3.05, 3.63) is 151 Å². The SMILES string of the molecule is O=C1c2cc3c(-c4ccccc4)c4c(c(-c5ccccc5)c3cc2C(=O)N1c1ccccc1)-c1cccc2cccc-4c12. The van der Waals surface area contributed by atoms with Crippen LogP contribution in [-0.2, 0) is 0 Å². The summed E-state index contributed by atoms with van der Waals surface area (Å²) in [4.78, 5) is 29.2. The first-order valence-corrected chi connectivity index (χ1v) is 14.5. The van der Waals surface area contributed by atoms with E-state index >= 15 is 0 Å². The third-order valence-corrected chi connectivity index (χ3v) is 8.90. The fourth-order valence-corrected chi connectivity index (χ4v) is 7.14. The molecular weight excluding hydrogens is 526 g/mol. The van der Waals surface area contributed by atoms with Crippen molar-refractivity contribution < 1.29 is 9.59 Å². The normalized spacial score (nSPS) is 13.2. The quantitative estimate of drug-likeness (QED) is 0.206. The van der Waals surface area contributed by atoms with Gasteiger partial charge in [-0.1, -0.05) is 115 Å². The third-order valence-electron chi connectivity index (χ3n) is 8.90. The maximum absolute atomic E-state index is 13.9. The third kappa shape index (κ3) is 3.25. The minimum atomic E-state index is -0.292. The molecule has 0 bridgehead atoms. The first kappa shape index (κ1) is 23.9. The highest BCUT2D eigenvalue weighted by molar-refractivity contribution is 6.37. The number of imide groups is 1. The molecule has 0 saturated carbocycles. The number of hydrogen-bond donors (Lipinski definition) is 0. The molecule has 43 heavy (non-hydrogen) atoms. The number of fused-ring (bicyclic) bond motifs is 5. The van der Waals surface area contributed by atoms with E-state index in [0.29, 0.717) is 16.8 Å². The highest BCUT2D eigenvalue weighted by atomic mass is 16.2. The van der Waals surface area contributed by atoms with Crippen LogP contribution >= 0.6 is 0 Å². The van der Waals surface area contributed by atoms with Gasteiger partial charge in [-0.05, 0) is 90.3 Å². The summed E-state index contributed by atoms with van der Waals surface area (Å²) in [6, 6.07) is 46.9. The zero-order valence-electron chi connectivity index (χ0n) is 23.0. The van der Waals surface area contributed by atoms with Crippen LogP contribution in [0.2, 0.25) is 0 Å². The molecule has 9 rings (SSSR count). The predicted octanol–water partition coefficient (Wildman–Crippen LogP) is 9.77. The molecule has 0 fully saturated rings. The number of benzene rings is 7. The molecule has 1 aliphatic heterocycles. The van der Waals surface area contributed by atoms with E-state index in [1.807, 2.05) is 42.5 Å². The van der Waals surface area contributed by atoms with Crippen LogP contribution in [0.1, 0.15) is 20.7 Å². The second kappa shape index (κ2) is 8.85. The Balaban J connectivity index is 1.47. The lowest BCUT2D eigenvalue weighted by molar-refractivity contribution is 0.0926. The van der Waals surface area contributed by atoms with Gasteiger partial charge in [0.05, 0.1) is 16.8 Å². The highest BCUT2D eigenvalue weighted by Gasteiger charge is 2.39. The Labute approximate surface area is 248 Å². The molecule has 0 aromatic heterocycles. The van der Waals surface area contributed by atoms with Crippen molar-refractivity contribution in [3.63, 3.8) is 0 Å². The molecule has 2 aliphatic rings. The van der Waals surface area contributed by atoms with E-state index in [-0.39, 0.29) is 11.8 Å². The van der Waals surface area contributed by atoms with Gasteiger partial charge in [-0.15, -0.1) is 0 Å². The van der Waals surface area contributed by atoms with Crippen LogP contribution < -0.4 is 4.90 Å². The summed E-state index contributed by atoms with van der Waals surface area (Å²) in [6.07, 6.45) is 0. The zero-order valence-corrected chi connectivity index (χ0v) is 23.0. The average Bonchev–Trinajstić information content (AvgIpc) is 3.52. The number of rotatable bonds is 3. The van der Waals surface area contributed by atoms with Gasteiger partial charge in [-0.2, -0.15) is 0 Å². The Morgan fingerprint density at radius 2 is 0.837 bits per heavy atom. The smallest absolute Gasteiger partial charge is 0.266 e. The molecule has 0 radical (unpaired) electrons. The number of anilines is 1. The zero-order chi connectivity index (χ0) is 28.7. The number of para-hydroxylation sites is 1. The molecule has 3 heteroatoms. The first-order chi connectivity index (χ1) is 21.2. The van der Waals surface area contributed by atoms with E-state index in [0.717, 1.165) is 33.0 Å². The summed E-state index contributed by atoms with van der Waals surface area (Å²) < 4.78 is 0. The average molecular weight is 550 g/mol. The van der Waals surface area contributed by atoms with Crippen molar-refractivity contribution in [2.24, 2.45) is 0 Å². The Hall–Kier alpha value is -5.80. The molecule has 0 spiro atoms. The number of carbonyl (C=O) groups is 2. The maximum Gasteiger partial charge on any atom is 0.266 e. The molecule has 2 amide bonds. The largest absolute Gasteiger partial charge is 0.268 e. The van der Waals surface area contributed by atoms with Crippen molar-refractivity contribution in [2.75, 3.05) is 4.90 Å². The van der Waals surface area contributed by atoms with Gasteiger partial charge in [0.15, 0.2) is 0 Å². The lowest BCUT2D eigenvalue weighted by atomic mass is 9.81. The number of nitrogens with zero attached hydrogens (tertiary/aromatic N) is 1. The molecule has 1 heterocycles. The van der Waals surface area contributed by atoms with Gasteiger partial charge in [-0.25, -0.2) is 4.90 Å². The molecule has 3 nitrogen and oxygen atoms in total. The summed E-state index contributed by atoms with van der Waals surface area (Å²) >= 11 is 0. The fourth-order valence-electron chi connectivity index (χ4n) is 7.14. The van der Waals surface area contributed by atoms with Crippen molar-refractivity contribution in [1.29, 1.82) is 0 Å². The second-order valence-corrected chi connectivity index (χ2v) is 11.2. The number of hydrogen-bond acceptors (Lipinski definition) is 2. The standard InChI is InChI=1S/C40H23NO2/c42-39-32-22-30-31(23-33(32)40(43)41(39)27-18-8-3-9-19-27)36(26-14-6-2-7-15-26)38-29-21-11-17-24-16-10-20-28(34(24)29)37(38)35(30)25-12-4-1-5-13-25/h1-23H. The monoisotopic (exact) mass is 549 g/mol. The number of carbonyl (C=O) groups excluding carboxylic acids is 2. The van der Waals surface area contributed by atoms with Gasteiger partial charge in [0.25, 0.3) is 11.8 Å². The minimum absolute atomic E-state index is 0.292. The summed E-state index contributed by atoms with van der Waals surface area (Å²) in [5.41, 5.74) is 10.5. The molecule has 0 atom stereocenters. The van der Waals surface area contributed by atoms with Crippen LogP contribution in [0.4, 0.5) is 5.69 Å². The van der Waals surface area contributed by atoms with Gasteiger partial charge in [0.2, 0.25) is 0 Å². The fraction of sp³-hybridized carbons (Fsp3) is 0. The van der Waals surface area contributed by atoms with Crippen molar-refractivity contribution in [1.82, 2.24) is 0 Å². The topological polar surface area (TPSA) is 37.4 Å². The van der Waals surface area contributed by atoms with Gasteiger partial charge in [0.1, 0.15) is 0 Å². The predicted molar refractivity (Wildman–Crippen MR) is 174 cm³/mol. The summed E-state index contributed by atoms with van der Waals surface area (Å²) in [5.74, 6) is -0.585. The van der Waals surface area contributed by atoms with E-state index in [2.05, 4.69) is 84.9 Å². The van der Waals surface area contributed by atoms with Crippen LogP contribution in [0, 0.1) is 0 Å². The van der Waals surface area contributed by atoms with Crippen molar-refractivity contribution >= 4 is 39.0 Å². The molecule has 0 saturated heterocycles. The highest BCUT2D eigenvalue weighted by Crippen LogP contribution is 2.58. The van der Waals surface area contributed by atoms with Crippen molar-refractivity contribution in [3.8, 4) is 44.5 Å². The first-order valence-electron chi connectivity index (χ1n) is 14.5. The van der Waals surface area contributed by atoms with Gasteiger partial charge in [0, 0.05) is 0 Å². The van der Waals surface area contributed by atoms with E-state index in [9.17, 15) is 9.59 Å². The minimum Gasteiger partial charge on any atom is -0.268 e. The van der Waals surface area contributed by atoms with E-state index < -0.39 is 0 Å². The second-order valence-electron chi connectivity index (χ2n) is 11.2. The number of amides is 2. The van der Waals surface area contributed by atoms with Crippen molar-refractivity contribution in [2.45, 2.75) is 0 Å². The van der Waals surface area contributed by atoms with Gasteiger partial charge < -0.3 is 0 Å². The van der Waals surface area contributed by atoms with Crippen LogP contribution in [0.15, 0.2) is 140 Å². The molecule has 7 aromatic carbocycles. The van der Waals surface area contributed by atoms with E-state index in [1.54, 1.807) is 12.1 Å². The summed E-state index contributed by atoms with van der Waals surface area (Å²) in [6.45, 7) is 0. The molecule has 0 unspecified atom stereocenters. The Bertz CT molecular complexity index is 2170. The van der Waals surface area contributed by atoms with E-state index in [4.69, 9.17) is 0 Å². The molecular formula is C40H23NO2. The van der Waals surface area contributed by atoms with Crippen LogP contribution in [0.3, 0.4) is 0 Å². The van der Waals surface area contributed by atoms with Crippen LogP contribution in [0.25, 0.3) is 66.1 Å². The van der Waals surface area contributed by atoms with E-state index in [1.165, 1.54) is 37.9 Å². The van der Waals surface area contributed by atoms with Crippen LogP contribution in [-0.4, -0.2) is 11.8 Å².